The predicted molar refractivity (Wildman–Crippen MR) is 64.1 cm³/mol. The Hall–Kier alpha value is -1.46. The number of hydrogen-bond donors (Lipinski definition) is 1. The molecule has 0 spiro atoms. The molecule has 0 saturated carbocycles. The highest BCUT2D eigenvalue weighted by Gasteiger charge is 2.04. The minimum Gasteiger partial charge on any atom is -0.437 e. The van der Waals surface area contributed by atoms with E-state index in [0.29, 0.717) is 18.2 Å². The van der Waals surface area contributed by atoms with E-state index in [4.69, 9.17) is 10.5 Å². The van der Waals surface area contributed by atoms with Crippen LogP contribution in [0.4, 0.5) is 0 Å². The molecule has 0 aromatic carbocycles. The molecule has 4 nitrogen and oxygen atoms in total. The fourth-order valence-corrected chi connectivity index (χ4v) is 1.58. The van der Waals surface area contributed by atoms with Crippen LogP contribution >= 0.6 is 15.9 Å². The van der Waals surface area contributed by atoms with Crippen LogP contribution < -0.4 is 10.5 Å². The first kappa shape index (κ1) is 11.0. The fraction of sp³-hybridized carbons (Fsp3) is 0.0909. The smallest absolute Gasteiger partial charge is 0.223 e. The van der Waals surface area contributed by atoms with Gasteiger partial charge in [-0.2, -0.15) is 0 Å². The molecule has 0 fully saturated rings. The molecule has 0 unspecified atom stereocenters. The molecule has 5 heteroatoms. The lowest BCUT2D eigenvalue weighted by Gasteiger charge is -2.07. The topological polar surface area (TPSA) is 61.0 Å². The molecule has 0 aliphatic rings. The first-order chi connectivity index (χ1) is 7.79. The average molecular weight is 280 g/mol. The lowest BCUT2D eigenvalue weighted by molar-refractivity contribution is 0.454. The van der Waals surface area contributed by atoms with Gasteiger partial charge in [0.05, 0.1) is 6.20 Å². The highest BCUT2D eigenvalue weighted by Crippen LogP contribution is 2.23. The third-order valence-electron chi connectivity index (χ3n) is 1.96. The Labute approximate surface area is 102 Å². The molecule has 0 saturated heterocycles. The van der Waals surface area contributed by atoms with Gasteiger partial charge in [-0.1, -0.05) is 6.07 Å². The maximum absolute atomic E-state index is 5.60. The van der Waals surface area contributed by atoms with E-state index >= 15 is 0 Å². The normalized spacial score (nSPS) is 10.1. The molecule has 2 aromatic heterocycles. The van der Waals surface area contributed by atoms with Crippen LogP contribution in [0.2, 0.25) is 0 Å². The van der Waals surface area contributed by atoms with Crippen molar-refractivity contribution in [3.63, 3.8) is 0 Å². The zero-order valence-corrected chi connectivity index (χ0v) is 10.0. The summed E-state index contributed by atoms with van der Waals surface area (Å²) in [6.45, 7) is 0.393. The van der Waals surface area contributed by atoms with E-state index in [-0.39, 0.29) is 0 Å². The minimum absolute atomic E-state index is 0.393. The molecule has 82 valence electrons. The van der Waals surface area contributed by atoms with Crippen molar-refractivity contribution >= 4 is 15.9 Å². The van der Waals surface area contributed by atoms with Gasteiger partial charge in [0.1, 0.15) is 5.75 Å². The number of aromatic nitrogens is 2. The summed E-state index contributed by atoms with van der Waals surface area (Å²) >= 11 is 3.32. The molecule has 0 atom stereocenters. The van der Waals surface area contributed by atoms with Crippen molar-refractivity contribution in [3.05, 3.63) is 46.8 Å². The second-order valence-electron chi connectivity index (χ2n) is 3.11. The first-order valence-corrected chi connectivity index (χ1v) is 5.51. The molecule has 0 aliphatic heterocycles. The van der Waals surface area contributed by atoms with Gasteiger partial charge in [0, 0.05) is 29.0 Å². The largest absolute Gasteiger partial charge is 0.437 e. The lowest BCUT2D eigenvalue weighted by Crippen LogP contribution is -2.00. The summed E-state index contributed by atoms with van der Waals surface area (Å²) < 4.78 is 6.45. The van der Waals surface area contributed by atoms with Crippen molar-refractivity contribution in [1.82, 2.24) is 9.97 Å². The van der Waals surface area contributed by atoms with E-state index in [1.165, 1.54) is 0 Å². The van der Waals surface area contributed by atoms with Crippen LogP contribution in [-0.4, -0.2) is 9.97 Å². The van der Waals surface area contributed by atoms with Crippen molar-refractivity contribution in [1.29, 1.82) is 0 Å². The van der Waals surface area contributed by atoms with Gasteiger partial charge in [0.25, 0.3) is 0 Å². The van der Waals surface area contributed by atoms with Gasteiger partial charge < -0.3 is 10.5 Å². The highest BCUT2D eigenvalue weighted by atomic mass is 79.9. The molecular weight excluding hydrogens is 270 g/mol. The van der Waals surface area contributed by atoms with Gasteiger partial charge in [-0.05, 0) is 28.1 Å². The SMILES string of the molecule is NCc1cccnc1Oc1cncc(Br)c1. The molecule has 2 aromatic rings. The van der Waals surface area contributed by atoms with Crippen molar-refractivity contribution in [3.8, 4) is 11.6 Å². The second kappa shape index (κ2) is 5.05. The van der Waals surface area contributed by atoms with Crippen molar-refractivity contribution < 1.29 is 4.74 Å². The molecule has 0 bridgehead atoms. The van der Waals surface area contributed by atoms with E-state index < -0.39 is 0 Å². The number of halogens is 1. The van der Waals surface area contributed by atoms with Crippen molar-refractivity contribution in [2.45, 2.75) is 6.54 Å². The lowest BCUT2D eigenvalue weighted by atomic mass is 10.3. The first-order valence-electron chi connectivity index (χ1n) is 4.72. The average Bonchev–Trinajstić information content (AvgIpc) is 2.30. The van der Waals surface area contributed by atoms with Crippen molar-refractivity contribution in [2.75, 3.05) is 0 Å². The standard InChI is InChI=1S/C11H10BrN3O/c12-9-4-10(7-14-6-9)16-11-8(5-13)2-1-3-15-11/h1-4,6-7H,5,13H2. The summed E-state index contributed by atoms with van der Waals surface area (Å²) in [7, 11) is 0. The van der Waals surface area contributed by atoms with Crippen LogP contribution in [0.3, 0.4) is 0 Å². The monoisotopic (exact) mass is 279 g/mol. The van der Waals surface area contributed by atoms with Crippen LogP contribution in [0.1, 0.15) is 5.56 Å². The predicted octanol–water partition coefficient (Wildman–Crippen LogP) is 2.49. The van der Waals surface area contributed by atoms with Gasteiger partial charge in [-0.15, -0.1) is 0 Å². The van der Waals surface area contributed by atoms with Gasteiger partial charge in [0.15, 0.2) is 0 Å². The molecule has 0 aliphatic carbocycles. The maximum Gasteiger partial charge on any atom is 0.223 e. The van der Waals surface area contributed by atoms with E-state index in [9.17, 15) is 0 Å². The van der Waals surface area contributed by atoms with E-state index in [1.807, 2.05) is 18.2 Å². The van der Waals surface area contributed by atoms with Gasteiger partial charge in [0.2, 0.25) is 5.88 Å². The number of hydrogen-bond acceptors (Lipinski definition) is 4. The third-order valence-corrected chi connectivity index (χ3v) is 2.40. The summed E-state index contributed by atoms with van der Waals surface area (Å²) in [6.07, 6.45) is 4.98. The molecule has 2 rings (SSSR count). The number of ether oxygens (including phenoxy) is 1. The fourth-order valence-electron chi connectivity index (χ4n) is 1.23. The molecule has 0 radical (unpaired) electrons. The van der Waals surface area contributed by atoms with E-state index in [1.54, 1.807) is 18.6 Å². The molecule has 2 heterocycles. The molecule has 16 heavy (non-hydrogen) atoms. The van der Waals surface area contributed by atoms with Gasteiger partial charge in [-0.3, -0.25) is 4.98 Å². The van der Waals surface area contributed by atoms with Gasteiger partial charge in [-0.25, -0.2) is 4.98 Å². The van der Waals surface area contributed by atoms with Crippen molar-refractivity contribution in [2.24, 2.45) is 5.73 Å². The summed E-state index contributed by atoms with van der Waals surface area (Å²) in [5.74, 6) is 1.15. The molecule has 0 amide bonds. The number of rotatable bonds is 3. The Balaban J connectivity index is 2.26. The summed E-state index contributed by atoms with van der Waals surface area (Å²) in [5.41, 5.74) is 6.45. The van der Waals surface area contributed by atoms with Crippen LogP contribution in [-0.2, 0) is 6.54 Å². The van der Waals surface area contributed by atoms with Crippen LogP contribution in [0.15, 0.2) is 41.3 Å². The Morgan fingerprint density at radius 1 is 1.38 bits per heavy atom. The minimum atomic E-state index is 0.393. The molecule has 2 N–H and O–H groups in total. The van der Waals surface area contributed by atoms with Crippen LogP contribution in [0.25, 0.3) is 0 Å². The Kier molecular flexibility index (Phi) is 3.48. The molecular formula is C11H10BrN3O. The van der Waals surface area contributed by atoms with E-state index in [2.05, 4.69) is 25.9 Å². The van der Waals surface area contributed by atoms with E-state index in [0.717, 1.165) is 10.0 Å². The highest BCUT2D eigenvalue weighted by molar-refractivity contribution is 9.10. The summed E-state index contributed by atoms with van der Waals surface area (Å²) in [4.78, 5) is 8.13. The number of nitrogens with two attached hydrogens (primary N) is 1. The third kappa shape index (κ3) is 2.56. The van der Waals surface area contributed by atoms with Gasteiger partial charge >= 0.3 is 0 Å². The summed E-state index contributed by atoms with van der Waals surface area (Å²) in [6, 6.07) is 5.53. The Bertz CT molecular complexity index is 490. The summed E-state index contributed by atoms with van der Waals surface area (Å²) in [5, 5.41) is 0. The quantitative estimate of drug-likeness (QED) is 0.938. The maximum atomic E-state index is 5.60. The zero-order valence-electron chi connectivity index (χ0n) is 8.43. The number of pyridine rings is 2. The zero-order chi connectivity index (χ0) is 11.4. The second-order valence-corrected chi connectivity index (χ2v) is 4.03. The van der Waals surface area contributed by atoms with Crippen LogP contribution in [0, 0.1) is 0 Å². The van der Waals surface area contributed by atoms with Crippen LogP contribution in [0.5, 0.6) is 11.6 Å². The Morgan fingerprint density at radius 2 is 2.25 bits per heavy atom. The number of nitrogens with zero attached hydrogens (tertiary/aromatic N) is 2. The Morgan fingerprint density at radius 3 is 3.00 bits per heavy atom.